The van der Waals surface area contributed by atoms with E-state index in [1.54, 1.807) is 5.56 Å². The average Bonchev–Trinajstić information content (AvgIpc) is 2.76. The van der Waals surface area contributed by atoms with Gasteiger partial charge in [-0.3, -0.25) is 0 Å². The van der Waals surface area contributed by atoms with Crippen LogP contribution in [0.5, 0.6) is 0 Å². The fourth-order valence-corrected chi connectivity index (χ4v) is 5.37. The van der Waals surface area contributed by atoms with E-state index in [0.717, 1.165) is 25.8 Å². The molecule has 1 heterocycles. The highest BCUT2D eigenvalue weighted by molar-refractivity contribution is 5.98. The molecule has 0 N–H and O–H groups in total. The lowest BCUT2D eigenvalue weighted by molar-refractivity contribution is 0.926. The number of rotatable bonds is 1. The van der Waals surface area contributed by atoms with Crippen molar-refractivity contribution in [1.82, 2.24) is 0 Å². The van der Waals surface area contributed by atoms with E-state index >= 15 is 0 Å². The molecule has 0 saturated carbocycles. The van der Waals surface area contributed by atoms with Gasteiger partial charge in [0.1, 0.15) is 0 Å². The van der Waals surface area contributed by atoms with Crippen molar-refractivity contribution >= 4 is 22.1 Å². The Bertz CT molecular complexity index is 1230. The van der Waals surface area contributed by atoms with Gasteiger partial charge in [-0.1, -0.05) is 66.7 Å². The summed E-state index contributed by atoms with van der Waals surface area (Å²) in [5.74, 6) is 0. The number of para-hydroxylation sites is 1. The van der Waals surface area contributed by atoms with E-state index in [-0.39, 0.29) is 0 Å². The number of anilines is 2. The molecular formula is C27H23N. The molecule has 1 heteroatoms. The van der Waals surface area contributed by atoms with Gasteiger partial charge in [0.25, 0.3) is 0 Å². The molecule has 2 aliphatic rings. The molecule has 0 amide bonds. The number of fused-ring (bicyclic) bond motifs is 8. The minimum Gasteiger partial charge on any atom is -0.341 e. The van der Waals surface area contributed by atoms with Crippen LogP contribution < -0.4 is 4.90 Å². The summed E-state index contributed by atoms with van der Waals surface area (Å²) in [5, 5.41) is 2.88. The molecule has 0 fully saturated rings. The predicted octanol–water partition coefficient (Wildman–Crippen LogP) is 6.40. The summed E-state index contributed by atoms with van der Waals surface area (Å²) < 4.78 is 0. The first-order valence-electron chi connectivity index (χ1n) is 10.3. The van der Waals surface area contributed by atoms with Gasteiger partial charge in [-0.25, -0.2) is 0 Å². The molecule has 0 aromatic heterocycles. The largest absolute Gasteiger partial charge is 0.341 e. The van der Waals surface area contributed by atoms with Crippen LogP contribution in [0.3, 0.4) is 0 Å². The van der Waals surface area contributed by atoms with Crippen molar-refractivity contribution < 1.29 is 0 Å². The van der Waals surface area contributed by atoms with Crippen molar-refractivity contribution in [1.29, 1.82) is 0 Å². The van der Waals surface area contributed by atoms with Crippen LogP contribution in [-0.2, 0) is 19.3 Å². The van der Waals surface area contributed by atoms with E-state index < -0.39 is 0 Å². The Kier molecular flexibility index (Phi) is 3.40. The molecule has 0 saturated heterocycles. The van der Waals surface area contributed by atoms with Crippen LogP contribution in [0, 0.1) is 0 Å². The zero-order valence-corrected chi connectivity index (χ0v) is 16.2. The molecule has 0 spiro atoms. The third kappa shape index (κ3) is 2.13. The quantitative estimate of drug-likeness (QED) is 0.334. The Morgan fingerprint density at radius 1 is 0.607 bits per heavy atom. The Morgan fingerprint density at radius 3 is 1.86 bits per heavy atom. The van der Waals surface area contributed by atoms with Crippen molar-refractivity contribution in [2.75, 3.05) is 11.4 Å². The highest BCUT2D eigenvalue weighted by Gasteiger charge is 2.30. The van der Waals surface area contributed by atoms with Gasteiger partial charge in [-0.2, -0.15) is 0 Å². The van der Waals surface area contributed by atoms with Gasteiger partial charge in [0.15, 0.2) is 0 Å². The second-order valence-electron chi connectivity index (χ2n) is 8.00. The maximum absolute atomic E-state index is 2.56. The smallest absolute Gasteiger partial charge is 0.0492 e. The highest BCUT2D eigenvalue weighted by Crippen LogP contribution is 2.48. The zero-order chi connectivity index (χ0) is 18.7. The highest BCUT2D eigenvalue weighted by atomic mass is 15.1. The Labute approximate surface area is 166 Å². The summed E-state index contributed by atoms with van der Waals surface area (Å²) in [5.41, 5.74) is 11.9. The van der Waals surface area contributed by atoms with E-state index in [4.69, 9.17) is 0 Å². The molecule has 1 nitrogen and oxygen atoms in total. The Morgan fingerprint density at radius 2 is 1.14 bits per heavy atom. The molecule has 1 aliphatic heterocycles. The molecule has 6 rings (SSSR count). The van der Waals surface area contributed by atoms with E-state index in [2.05, 4.69) is 84.6 Å². The van der Waals surface area contributed by atoms with Gasteiger partial charge in [0.2, 0.25) is 0 Å². The SMILES string of the molecule is CCN1c2ccccc2Cc2c1c1c(c3ccccc23)Cc2ccccc2C1. The molecule has 0 radical (unpaired) electrons. The van der Waals surface area contributed by atoms with Crippen LogP contribution >= 0.6 is 0 Å². The van der Waals surface area contributed by atoms with Crippen molar-refractivity contribution in [2.24, 2.45) is 0 Å². The van der Waals surface area contributed by atoms with Crippen LogP contribution in [0.2, 0.25) is 0 Å². The number of nitrogens with zero attached hydrogens (tertiary/aromatic N) is 1. The second-order valence-corrected chi connectivity index (χ2v) is 8.00. The van der Waals surface area contributed by atoms with Crippen LogP contribution in [0.1, 0.15) is 40.3 Å². The third-order valence-electron chi connectivity index (χ3n) is 6.60. The lowest BCUT2D eigenvalue weighted by Crippen LogP contribution is -2.26. The minimum absolute atomic E-state index is 0.996. The van der Waals surface area contributed by atoms with Gasteiger partial charge in [0, 0.05) is 30.8 Å². The first-order chi connectivity index (χ1) is 13.8. The summed E-state index contributed by atoms with van der Waals surface area (Å²) >= 11 is 0. The van der Waals surface area contributed by atoms with Gasteiger partial charge >= 0.3 is 0 Å². The van der Waals surface area contributed by atoms with Gasteiger partial charge in [-0.05, 0) is 63.6 Å². The Hall–Kier alpha value is -3.06. The summed E-state index contributed by atoms with van der Waals surface area (Å²) in [6.07, 6.45) is 3.10. The molecule has 4 aromatic carbocycles. The normalized spacial score (nSPS) is 14.2. The molecule has 0 atom stereocenters. The Balaban J connectivity index is 1.70. The third-order valence-corrected chi connectivity index (χ3v) is 6.60. The van der Waals surface area contributed by atoms with Crippen molar-refractivity contribution in [3.63, 3.8) is 0 Å². The fourth-order valence-electron chi connectivity index (χ4n) is 5.37. The average molecular weight is 361 g/mol. The van der Waals surface area contributed by atoms with Crippen LogP contribution in [-0.4, -0.2) is 6.54 Å². The van der Waals surface area contributed by atoms with E-state index in [9.17, 15) is 0 Å². The predicted molar refractivity (Wildman–Crippen MR) is 118 cm³/mol. The summed E-state index contributed by atoms with van der Waals surface area (Å²) in [7, 11) is 0. The number of hydrogen-bond acceptors (Lipinski definition) is 1. The molecule has 0 unspecified atom stereocenters. The lowest BCUT2D eigenvalue weighted by atomic mass is 9.78. The molecule has 0 bridgehead atoms. The topological polar surface area (TPSA) is 3.24 Å². The monoisotopic (exact) mass is 361 g/mol. The maximum Gasteiger partial charge on any atom is 0.0492 e. The second kappa shape index (κ2) is 5.97. The maximum atomic E-state index is 2.56. The molecule has 28 heavy (non-hydrogen) atoms. The lowest BCUT2D eigenvalue weighted by Gasteiger charge is -2.38. The zero-order valence-electron chi connectivity index (χ0n) is 16.2. The van der Waals surface area contributed by atoms with E-state index in [1.165, 1.54) is 50.0 Å². The van der Waals surface area contributed by atoms with Crippen LogP contribution in [0.25, 0.3) is 10.8 Å². The fraction of sp³-hybridized carbons (Fsp3) is 0.185. The van der Waals surface area contributed by atoms with Gasteiger partial charge in [-0.15, -0.1) is 0 Å². The molecular weight excluding hydrogens is 338 g/mol. The van der Waals surface area contributed by atoms with Crippen molar-refractivity contribution in [3.05, 3.63) is 106 Å². The van der Waals surface area contributed by atoms with Crippen LogP contribution in [0.15, 0.2) is 72.8 Å². The minimum atomic E-state index is 0.996. The number of benzene rings is 4. The summed E-state index contributed by atoms with van der Waals surface area (Å²) in [6, 6.07) is 27.0. The van der Waals surface area contributed by atoms with E-state index in [0.29, 0.717) is 0 Å². The molecule has 4 aromatic rings. The molecule has 1 aliphatic carbocycles. The standard InChI is InChI=1S/C27H23N/c1-2-28-26-14-8-5-11-20(26)17-24-22-13-7-6-12-21(22)23-15-18-9-3-4-10-19(18)16-25(23)27(24)28/h3-14H,2,15-17H2,1H3. The van der Waals surface area contributed by atoms with Crippen LogP contribution in [0.4, 0.5) is 11.4 Å². The number of hydrogen-bond donors (Lipinski definition) is 0. The first kappa shape index (κ1) is 15.9. The van der Waals surface area contributed by atoms with Crippen molar-refractivity contribution in [3.8, 4) is 0 Å². The van der Waals surface area contributed by atoms with Gasteiger partial charge < -0.3 is 4.90 Å². The molecule has 136 valence electrons. The van der Waals surface area contributed by atoms with Crippen molar-refractivity contribution in [2.45, 2.75) is 26.2 Å². The van der Waals surface area contributed by atoms with E-state index in [1.807, 2.05) is 0 Å². The summed E-state index contributed by atoms with van der Waals surface area (Å²) in [6.45, 7) is 3.28. The summed E-state index contributed by atoms with van der Waals surface area (Å²) in [4.78, 5) is 2.56. The van der Waals surface area contributed by atoms with Gasteiger partial charge in [0.05, 0.1) is 0 Å². The first-order valence-corrected chi connectivity index (χ1v) is 10.3.